The zero-order valence-electron chi connectivity index (χ0n) is 26.9. The normalized spacial score (nSPS) is 12.0. The first kappa shape index (κ1) is 27.0. The second-order valence-corrected chi connectivity index (χ2v) is 13.1. The number of hydrogen-bond acceptors (Lipinski definition) is 1. The Bertz CT molecular complexity index is 2670. The minimum Gasteiger partial charge on any atom is -0.310 e. The van der Waals surface area contributed by atoms with E-state index in [9.17, 15) is 0 Å². The smallest absolute Gasteiger partial charge is 0.0541 e. The lowest BCUT2D eigenvalue weighted by Gasteiger charge is -2.29. The van der Waals surface area contributed by atoms with Gasteiger partial charge in [-0.2, -0.15) is 0 Å². The lowest BCUT2D eigenvalue weighted by atomic mass is 9.78. The third-order valence-electron chi connectivity index (χ3n) is 10.3. The summed E-state index contributed by atoms with van der Waals surface area (Å²) in [5, 5.41) is 7.62. The van der Waals surface area contributed by atoms with E-state index >= 15 is 0 Å². The molecule has 8 aromatic carbocycles. The molecule has 226 valence electrons. The molecule has 2 nitrogen and oxygen atoms in total. The van der Waals surface area contributed by atoms with Gasteiger partial charge in [0.1, 0.15) is 0 Å². The van der Waals surface area contributed by atoms with Crippen molar-refractivity contribution in [2.75, 3.05) is 4.90 Å². The zero-order chi connectivity index (χ0) is 31.9. The molecule has 0 bridgehead atoms. The van der Waals surface area contributed by atoms with Gasteiger partial charge in [0.05, 0.1) is 11.0 Å². The van der Waals surface area contributed by atoms with E-state index in [1.807, 2.05) is 0 Å². The van der Waals surface area contributed by atoms with Gasteiger partial charge in [-0.1, -0.05) is 84.9 Å². The molecule has 0 unspecified atom stereocenters. The fraction of sp³-hybridized carbons (Fsp3) is 0.0435. The Balaban J connectivity index is 1.10. The fourth-order valence-electron chi connectivity index (χ4n) is 7.91. The van der Waals surface area contributed by atoms with Crippen molar-refractivity contribution in [1.82, 2.24) is 4.57 Å². The molecule has 1 aliphatic carbocycles. The number of benzene rings is 8. The highest BCUT2D eigenvalue weighted by Crippen LogP contribution is 2.51. The molecule has 0 radical (unpaired) electrons. The van der Waals surface area contributed by atoms with Crippen molar-refractivity contribution in [1.29, 1.82) is 0 Å². The molecule has 0 spiro atoms. The van der Waals surface area contributed by atoms with E-state index in [1.165, 1.54) is 99.5 Å². The van der Waals surface area contributed by atoms with Crippen molar-refractivity contribution in [3.8, 4) is 27.9 Å². The molecule has 2 heteroatoms. The quantitative estimate of drug-likeness (QED) is 0.192. The summed E-state index contributed by atoms with van der Waals surface area (Å²) in [6, 6.07) is 58.1. The molecule has 0 fully saturated rings. The molecule has 9 aromatic rings. The van der Waals surface area contributed by atoms with Crippen LogP contribution >= 0.6 is 0 Å². The molecule has 48 heavy (non-hydrogen) atoms. The molecule has 0 saturated carbocycles. The highest BCUT2D eigenvalue weighted by molar-refractivity contribution is 6.13. The van der Waals surface area contributed by atoms with E-state index in [4.69, 9.17) is 0 Å². The second-order valence-electron chi connectivity index (χ2n) is 13.1. The molecular weight excluding hydrogens is 581 g/mol. The van der Waals surface area contributed by atoms with Crippen molar-refractivity contribution < 1.29 is 0 Å². The Morgan fingerprint density at radius 1 is 0.396 bits per heavy atom. The van der Waals surface area contributed by atoms with Crippen LogP contribution in [0.15, 0.2) is 158 Å². The summed E-state index contributed by atoms with van der Waals surface area (Å²) in [5.74, 6) is 0. The number of aromatic nitrogens is 1. The number of nitrogens with zero attached hydrogens (tertiary/aromatic N) is 2. The van der Waals surface area contributed by atoms with Gasteiger partial charge in [0.15, 0.2) is 0 Å². The van der Waals surface area contributed by atoms with Crippen LogP contribution in [0.1, 0.15) is 11.1 Å². The van der Waals surface area contributed by atoms with Gasteiger partial charge in [-0.3, -0.25) is 0 Å². The molecule has 10 rings (SSSR count). The van der Waals surface area contributed by atoms with Crippen LogP contribution in [0.3, 0.4) is 0 Å². The van der Waals surface area contributed by atoms with Crippen molar-refractivity contribution >= 4 is 60.4 Å². The van der Waals surface area contributed by atoms with Gasteiger partial charge in [0.2, 0.25) is 0 Å². The largest absolute Gasteiger partial charge is 0.310 e. The van der Waals surface area contributed by atoms with E-state index in [0.29, 0.717) is 0 Å². The van der Waals surface area contributed by atoms with E-state index in [-0.39, 0.29) is 0 Å². The van der Waals surface area contributed by atoms with E-state index in [2.05, 4.69) is 181 Å². The first-order chi connectivity index (χ1) is 23.6. The van der Waals surface area contributed by atoms with Gasteiger partial charge in [-0.15, -0.1) is 0 Å². The third-order valence-corrected chi connectivity index (χ3v) is 10.3. The Labute approximate surface area is 279 Å². The fourth-order valence-corrected chi connectivity index (χ4v) is 7.91. The number of aryl methyl sites for hydroxylation is 2. The van der Waals surface area contributed by atoms with Crippen molar-refractivity contribution in [2.24, 2.45) is 0 Å². The average Bonchev–Trinajstić information content (AvgIpc) is 3.46. The molecular formula is C46H32N2. The SMILES string of the molecule is Cc1ccccc1N(c1ccc2cc3c(cc2c1)-c1cc2cc(-n4c5ccccc5c5ccccc54)ccc2cc1-3)c1ccccc1C. The Morgan fingerprint density at radius 2 is 0.854 bits per heavy atom. The lowest BCUT2D eigenvalue weighted by molar-refractivity contribution is 1.19. The molecule has 1 aromatic heterocycles. The lowest BCUT2D eigenvalue weighted by Crippen LogP contribution is -2.12. The molecule has 0 amide bonds. The molecule has 0 aliphatic heterocycles. The summed E-state index contributed by atoms with van der Waals surface area (Å²) in [7, 11) is 0. The van der Waals surface area contributed by atoms with Gasteiger partial charge in [-0.05, 0) is 142 Å². The number of para-hydroxylation sites is 4. The zero-order valence-corrected chi connectivity index (χ0v) is 26.9. The summed E-state index contributed by atoms with van der Waals surface area (Å²) in [4.78, 5) is 2.40. The van der Waals surface area contributed by atoms with Crippen molar-refractivity contribution in [3.63, 3.8) is 0 Å². The monoisotopic (exact) mass is 612 g/mol. The number of hydrogen-bond donors (Lipinski definition) is 0. The Morgan fingerprint density at radius 3 is 1.42 bits per heavy atom. The van der Waals surface area contributed by atoms with Crippen LogP contribution in [0.5, 0.6) is 0 Å². The van der Waals surface area contributed by atoms with Crippen LogP contribution in [0.25, 0.3) is 71.3 Å². The summed E-state index contributed by atoms with van der Waals surface area (Å²) in [6.07, 6.45) is 0. The molecule has 0 saturated heterocycles. The molecule has 1 heterocycles. The Hall–Kier alpha value is -6.12. The summed E-state index contributed by atoms with van der Waals surface area (Å²) >= 11 is 0. The highest BCUT2D eigenvalue weighted by atomic mass is 15.1. The maximum absolute atomic E-state index is 2.40. The topological polar surface area (TPSA) is 8.17 Å². The predicted molar refractivity (Wildman–Crippen MR) is 204 cm³/mol. The third kappa shape index (κ3) is 3.93. The minimum atomic E-state index is 1.17. The van der Waals surface area contributed by atoms with Gasteiger partial charge in [0, 0.05) is 33.5 Å². The minimum absolute atomic E-state index is 1.17. The first-order valence-corrected chi connectivity index (χ1v) is 16.7. The maximum Gasteiger partial charge on any atom is 0.0541 e. The summed E-state index contributed by atoms with van der Waals surface area (Å²) < 4.78 is 2.40. The molecule has 0 atom stereocenters. The Kier molecular flexibility index (Phi) is 5.74. The number of fused-ring (bicyclic) bond motifs is 9. The van der Waals surface area contributed by atoms with Crippen LogP contribution in [0, 0.1) is 13.8 Å². The molecule has 1 aliphatic rings. The number of rotatable bonds is 4. The second kappa shape index (κ2) is 10.2. The first-order valence-electron chi connectivity index (χ1n) is 16.7. The van der Waals surface area contributed by atoms with Crippen LogP contribution < -0.4 is 4.90 Å². The van der Waals surface area contributed by atoms with Crippen LogP contribution in [-0.2, 0) is 0 Å². The van der Waals surface area contributed by atoms with Crippen molar-refractivity contribution in [3.05, 3.63) is 169 Å². The van der Waals surface area contributed by atoms with Crippen LogP contribution in [0.4, 0.5) is 17.1 Å². The summed E-state index contributed by atoms with van der Waals surface area (Å²) in [6.45, 7) is 4.39. The van der Waals surface area contributed by atoms with E-state index in [0.717, 1.165) is 0 Å². The van der Waals surface area contributed by atoms with E-state index < -0.39 is 0 Å². The van der Waals surface area contributed by atoms with Gasteiger partial charge in [-0.25, -0.2) is 0 Å². The maximum atomic E-state index is 2.40. The van der Waals surface area contributed by atoms with Gasteiger partial charge >= 0.3 is 0 Å². The van der Waals surface area contributed by atoms with Crippen LogP contribution in [0.2, 0.25) is 0 Å². The molecule has 0 N–H and O–H groups in total. The van der Waals surface area contributed by atoms with Crippen molar-refractivity contribution in [2.45, 2.75) is 13.8 Å². The summed E-state index contributed by atoms with van der Waals surface area (Å²) in [5.41, 5.74) is 15.1. The highest BCUT2D eigenvalue weighted by Gasteiger charge is 2.25. The van der Waals surface area contributed by atoms with E-state index in [1.54, 1.807) is 0 Å². The van der Waals surface area contributed by atoms with Gasteiger partial charge < -0.3 is 9.47 Å². The van der Waals surface area contributed by atoms with Crippen LogP contribution in [-0.4, -0.2) is 4.57 Å². The average molecular weight is 613 g/mol. The van der Waals surface area contributed by atoms with Gasteiger partial charge in [0.25, 0.3) is 0 Å². The number of anilines is 3. The predicted octanol–water partition coefficient (Wildman–Crippen LogP) is 12.8. The standard InChI is InChI=1S/C46H32N2/c1-29-11-3-7-15-43(29)47(44-16-8-4-12-30(44)2)35-21-19-31-25-39-40-26-32-20-22-36(24-34(32)28-42(40)41(39)27-33(31)23-35)48-45-17-9-5-13-37(45)38-14-6-10-18-46(38)48/h3-28H,1-2H3.